The van der Waals surface area contributed by atoms with Crippen LogP contribution >= 0.6 is 27.3 Å². The molecule has 6 heteroatoms. The molecule has 25 heavy (non-hydrogen) atoms. The van der Waals surface area contributed by atoms with Crippen LogP contribution in [0.4, 0.5) is 0 Å². The zero-order chi connectivity index (χ0) is 18.2. The largest absolute Gasteiger partial charge is 0.493 e. The highest BCUT2D eigenvalue weighted by Gasteiger charge is 2.08. The normalized spacial score (nSPS) is 11.2. The van der Waals surface area contributed by atoms with Crippen molar-refractivity contribution in [3.05, 3.63) is 50.1 Å². The minimum Gasteiger partial charge on any atom is -0.493 e. The van der Waals surface area contributed by atoms with Crippen LogP contribution in [0.2, 0.25) is 0 Å². The second-order valence-corrected chi connectivity index (χ2v) is 7.98. The van der Waals surface area contributed by atoms with E-state index >= 15 is 0 Å². The highest BCUT2D eigenvalue weighted by molar-refractivity contribution is 9.10. The lowest BCUT2D eigenvalue weighted by molar-refractivity contribution is 0.0955. The van der Waals surface area contributed by atoms with Gasteiger partial charge in [0.1, 0.15) is 5.75 Å². The Balaban J connectivity index is 2.01. The zero-order valence-electron chi connectivity index (χ0n) is 14.7. The van der Waals surface area contributed by atoms with Crippen LogP contribution in [-0.2, 0) is 6.42 Å². The molecule has 0 fully saturated rings. The number of nitrogens with one attached hydrogen (secondary N) is 1. The van der Waals surface area contributed by atoms with Gasteiger partial charge in [-0.05, 0) is 43.0 Å². The third-order valence-corrected chi connectivity index (χ3v) is 5.13. The summed E-state index contributed by atoms with van der Waals surface area (Å²) in [5, 5.41) is 5.93. The van der Waals surface area contributed by atoms with E-state index in [2.05, 4.69) is 47.2 Å². The molecular weight excluding hydrogens is 400 g/mol. The Labute approximate surface area is 161 Å². The van der Waals surface area contributed by atoms with Gasteiger partial charge in [-0.2, -0.15) is 5.10 Å². The fourth-order valence-electron chi connectivity index (χ4n) is 2.07. The van der Waals surface area contributed by atoms with E-state index < -0.39 is 0 Å². The minimum absolute atomic E-state index is 0.204. The number of benzene rings is 1. The van der Waals surface area contributed by atoms with E-state index in [-0.39, 0.29) is 5.91 Å². The molecule has 0 bridgehead atoms. The number of hydrogen-bond donors (Lipinski definition) is 1. The van der Waals surface area contributed by atoms with Gasteiger partial charge in [-0.25, -0.2) is 5.43 Å². The molecular formula is C19H23BrN2O2S. The summed E-state index contributed by atoms with van der Waals surface area (Å²) in [5.74, 6) is 1.14. The van der Waals surface area contributed by atoms with Crippen LogP contribution in [0.25, 0.3) is 0 Å². The number of ether oxygens (including phenoxy) is 1. The molecule has 1 N–H and O–H groups in total. The van der Waals surface area contributed by atoms with Crippen LogP contribution in [-0.4, -0.2) is 18.7 Å². The smallest absolute Gasteiger partial charge is 0.272 e. The number of halogens is 1. The Morgan fingerprint density at radius 2 is 2.20 bits per heavy atom. The van der Waals surface area contributed by atoms with Gasteiger partial charge in [-0.15, -0.1) is 11.3 Å². The first kappa shape index (κ1) is 19.7. The molecule has 0 aliphatic carbocycles. The second-order valence-electron chi connectivity index (χ2n) is 6.07. The van der Waals surface area contributed by atoms with Gasteiger partial charge in [0.2, 0.25) is 0 Å². The van der Waals surface area contributed by atoms with Crippen LogP contribution in [0.15, 0.2) is 39.2 Å². The molecule has 0 saturated heterocycles. The quantitative estimate of drug-likeness (QED) is 0.465. The molecule has 0 unspecified atom stereocenters. The number of carbonyl (C=O) groups is 1. The highest BCUT2D eigenvalue weighted by Crippen LogP contribution is 2.22. The summed E-state index contributed by atoms with van der Waals surface area (Å²) >= 11 is 5.04. The standard InChI is InChI=1S/C19H23BrN2O2S/c1-4-17-10-15(12-25-17)19(23)22-21-11-14-9-16(20)5-6-18(14)24-8-7-13(2)3/h5-6,9-13H,4,7-8H2,1-3H3,(H,22,23)/b21-11+. The average Bonchev–Trinajstić information content (AvgIpc) is 3.05. The lowest BCUT2D eigenvalue weighted by atomic mass is 10.1. The molecule has 2 rings (SSSR count). The molecule has 0 saturated carbocycles. The Hall–Kier alpha value is -1.66. The van der Waals surface area contributed by atoms with Crippen molar-refractivity contribution in [1.82, 2.24) is 5.43 Å². The van der Waals surface area contributed by atoms with E-state index in [0.717, 1.165) is 28.6 Å². The molecule has 0 spiro atoms. The van der Waals surface area contributed by atoms with Gasteiger partial charge in [-0.1, -0.05) is 36.7 Å². The summed E-state index contributed by atoms with van der Waals surface area (Å²) in [6.45, 7) is 7.05. The van der Waals surface area contributed by atoms with Gasteiger partial charge in [-0.3, -0.25) is 4.79 Å². The molecule has 4 nitrogen and oxygen atoms in total. The second kappa shape index (κ2) is 9.73. The summed E-state index contributed by atoms with van der Waals surface area (Å²) < 4.78 is 6.77. The van der Waals surface area contributed by atoms with Crippen molar-refractivity contribution in [2.45, 2.75) is 33.6 Å². The Bertz CT molecular complexity index is 741. The van der Waals surface area contributed by atoms with E-state index in [4.69, 9.17) is 4.74 Å². The van der Waals surface area contributed by atoms with Gasteiger partial charge < -0.3 is 4.74 Å². The average molecular weight is 423 g/mol. The topological polar surface area (TPSA) is 50.7 Å². The number of amides is 1. The van der Waals surface area contributed by atoms with Crippen LogP contribution in [0.5, 0.6) is 5.75 Å². The maximum atomic E-state index is 12.1. The number of nitrogens with zero attached hydrogens (tertiary/aromatic N) is 1. The number of carbonyl (C=O) groups excluding carboxylic acids is 1. The number of aryl methyl sites for hydroxylation is 1. The summed E-state index contributed by atoms with van der Waals surface area (Å²) in [6.07, 6.45) is 3.53. The fraction of sp³-hybridized carbons (Fsp3) is 0.368. The lowest BCUT2D eigenvalue weighted by Gasteiger charge is -2.10. The number of hydrazone groups is 1. The van der Waals surface area contributed by atoms with Gasteiger partial charge in [0.25, 0.3) is 5.91 Å². The van der Waals surface area contributed by atoms with Crippen LogP contribution in [0.1, 0.15) is 48.0 Å². The molecule has 0 radical (unpaired) electrons. The monoisotopic (exact) mass is 422 g/mol. The van der Waals surface area contributed by atoms with Crippen molar-refractivity contribution < 1.29 is 9.53 Å². The number of thiophene rings is 1. The summed E-state index contributed by atoms with van der Waals surface area (Å²) in [7, 11) is 0. The van der Waals surface area contributed by atoms with E-state index in [1.807, 2.05) is 29.6 Å². The minimum atomic E-state index is -0.204. The molecule has 134 valence electrons. The summed E-state index contributed by atoms with van der Waals surface area (Å²) in [6, 6.07) is 7.65. The maximum absolute atomic E-state index is 12.1. The van der Waals surface area contributed by atoms with Crippen LogP contribution in [0, 0.1) is 5.92 Å². The van der Waals surface area contributed by atoms with Crippen molar-refractivity contribution in [2.75, 3.05) is 6.61 Å². The van der Waals surface area contributed by atoms with E-state index in [1.165, 1.54) is 4.88 Å². The zero-order valence-corrected chi connectivity index (χ0v) is 17.1. The van der Waals surface area contributed by atoms with Crippen LogP contribution in [0.3, 0.4) is 0 Å². The molecule has 0 aliphatic rings. The first-order chi connectivity index (χ1) is 12.0. The fourth-order valence-corrected chi connectivity index (χ4v) is 3.26. The van der Waals surface area contributed by atoms with Gasteiger partial charge in [0.05, 0.1) is 18.4 Å². The molecule has 1 aromatic carbocycles. The van der Waals surface area contributed by atoms with Crippen molar-refractivity contribution >= 4 is 39.4 Å². The SMILES string of the molecule is CCc1cc(C(=O)N/N=C/c2cc(Br)ccc2OCCC(C)C)cs1. The first-order valence-corrected chi connectivity index (χ1v) is 10.00. The van der Waals surface area contributed by atoms with E-state index in [9.17, 15) is 4.79 Å². The third-order valence-electron chi connectivity index (χ3n) is 3.56. The summed E-state index contributed by atoms with van der Waals surface area (Å²) in [5.41, 5.74) is 4.03. The molecule has 0 atom stereocenters. The molecule has 1 aromatic heterocycles. The number of rotatable bonds is 8. The van der Waals surface area contributed by atoms with Gasteiger partial charge in [0, 0.05) is 20.3 Å². The van der Waals surface area contributed by atoms with Crippen molar-refractivity contribution in [3.63, 3.8) is 0 Å². The van der Waals surface area contributed by atoms with Crippen molar-refractivity contribution in [3.8, 4) is 5.75 Å². The molecule has 1 amide bonds. The van der Waals surface area contributed by atoms with Crippen LogP contribution < -0.4 is 10.2 Å². The Morgan fingerprint density at radius 1 is 1.40 bits per heavy atom. The highest BCUT2D eigenvalue weighted by atomic mass is 79.9. The summed E-state index contributed by atoms with van der Waals surface area (Å²) in [4.78, 5) is 13.3. The van der Waals surface area contributed by atoms with Crippen molar-refractivity contribution in [1.29, 1.82) is 0 Å². The maximum Gasteiger partial charge on any atom is 0.272 e. The molecule has 2 aromatic rings. The predicted octanol–water partition coefficient (Wildman–Crippen LogP) is 5.26. The third kappa shape index (κ3) is 6.29. The van der Waals surface area contributed by atoms with Gasteiger partial charge >= 0.3 is 0 Å². The predicted molar refractivity (Wildman–Crippen MR) is 108 cm³/mol. The van der Waals surface area contributed by atoms with E-state index in [1.54, 1.807) is 17.6 Å². The van der Waals surface area contributed by atoms with E-state index in [0.29, 0.717) is 18.1 Å². The van der Waals surface area contributed by atoms with Gasteiger partial charge in [0.15, 0.2) is 0 Å². The Kier molecular flexibility index (Phi) is 7.65. The first-order valence-electron chi connectivity index (χ1n) is 8.32. The Morgan fingerprint density at radius 3 is 2.88 bits per heavy atom. The molecule has 0 aliphatic heterocycles. The van der Waals surface area contributed by atoms with Crippen molar-refractivity contribution in [2.24, 2.45) is 11.0 Å². The lowest BCUT2D eigenvalue weighted by Crippen LogP contribution is -2.16. The molecule has 1 heterocycles. The number of hydrogen-bond acceptors (Lipinski definition) is 4.